The second kappa shape index (κ2) is 6.57. The summed E-state index contributed by atoms with van der Waals surface area (Å²) in [6.07, 6.45) is 3.80. The van der Waals surface area contributed by atoms with Gasteiger partial charge in [0, 0.05) is 18.5 Å². The standard InChI is InChI=1S/C12H20ClNO3/c13-5-4-10-3-1-2-6-14(10)12(15)11-9-16-7-8-17-11/h10-11H,1-9H2. The molecule has 0 N–H and O–H groups in total. The van der Waals surface area contributed by atoms with Crippen LogP contribution < -0.4 is 0 Å². The Bertz CT molecular complexity index is 254. The van der Waals surface area contributed by atoms with Gasteiger partial charge >= 0.3 is 0 Å². The molecule has 1 amide bonds. The monoisotopic (exact) mass is 261 g/mol. The molecule has 2 rings (SSSR count). The molecule has 0 spiro atoms. The summed E-state index contributed by atoms with van der Waals surface area (Å²) in [6.45, 7) is 2.34. The van der Waals surface area contributed by atoms with E-state index in [2.05, 4.69) is 0 Å². The molecule has 98 valence electrons. The van der Waals surface area contributed by atoms with E-state index in [0.717, 1.165) is 25.8 Å². The number of amides is 1. The highest BCUT2D eigenvalue weighted by molar-refractivity contribution is 6.17. The maximum Gasteiger partial charge on any atom is 0.254 e. The van der Waals surface area contributed by atoms with Crippen LogP contribution in [0.3, 0.4) is 0 Å². The minimum Gasteiger partial charge on any atom is -0.376 e. The zero-order valence-electron chi connectivity index (χ0n) is 10.1. The van der Waals surface area contributed by atoms with Gasteiger partial charge in [0.1, 0.15) is 0 Å². The first kappa shape index (κ1) is 13.1. The molecule has 0 aromatic carbocycles. The van der Waals surface area contributed by atoms with Gasteiger partial charge in [0.25, 0.3) is 5.91 Å². The second-order valence-corrected chi connectivity index (χ2v) is 4.97. The Morgan fingerprint density at radius 3 is 2.94 bits per heavy atom. The lowest BCUT2D eigenvalue weighted by molar-refractivity contribution is -0.161. The number of likely N-dealkylation sites (tertiary alicyclic amines) is 1. The quantitative estimate of drug-likeness (QED) is 0.721. The van der Waals surface area contributed by atoms with Gasteiger partial charge in [-0.2, -0.15) is 0 Å². The summed E-state index contributed by atoms with van der Waals surface area (Å²) in [5.74, 6) is 0.690. The molecule has 0 saturated carbocycles. The fourth-order valence-corrected chi connectivity index (χ4v) is 2.78. The van der Waals surface area contributed by atoms with E-state index in [9.17, 15) is 4.79 Å². The van der Waals surface area contributed by atoms with Crippen LogP contribution in [-0.4, -0.2) is 55.2 Å². The van der Waals surface area contributed by atoms with Crippen LogP contribution in [0, 0.1) is 0 Å². The molecule has 5 heteroatoms. The van der Waals surface area contributed by atoms with E-state index in [-0.39, 0.29) is 5.91 Å². The van der Waals surface area contributed by atoms with Crippen LogP contribution >= 0.6 is 11.6 Å². The summed E-state index contributed by atoms with van der Waals surface area (Å²) >= 11 is 5.80. The highest BCUT2D eigenvalue weighted by Crippen LogP contribution is 2.22. The van der Waals surface area contributed by atoms with Gasteiger partial charge in [-0.25, -0.2) is 0 Å². The number of hydrogen-bond donors (Lipinski definition) is 0. The molecular weight excluding hydrogens is 242 g/mol. The van der Waals surface area contributed by atoms with Crippen molar-refractivity contribution in [2.75, 3.05) is 32.2 Å². The van der Waals surface area contributed by atoms with Gasteiger partial charge in [0.05, 0.1) is 19.8 Å². The van der Waals surface area contributed by atoms with Crippen molar-refractivity contribution in [2.45, 2.75) is 37.8 Å². The summed E-state index contributed by atoms with van der Waals surface area (Å²) in [5.41, 5.74) is 0. The third-order valence-electron chi connectivity index (χ3n) is 3.44. The molecule has 2 unspecified atom stereocenters. The largest absolute Gasteiger partial charge is 0.376 e. The van der Waals surface area contributed by atoms with Crippen molar-refractivity contribution in [3.05, 3.63) is 0 Å². The first-order chi connectivity index (χ1) is 8.33. The second-order valence-electron chi connectivity index (χ2n) is 4.59. The van der Waals surface area contributed by atoms with Crippen LogP contribution in [0.15, 0.2) is 0 Å². The van der Waals surface area contributed by atoms with Crippen LogP contribution in [0.1, 0.15) is 25.7 Å². The molecule has 2 fully saturated rings. The van der Waals surface area contributed by atoms with Crippen molar-refractivity contribution < 1.29 is 14.3 Å². The van der Waals surface area contributed by atoms with Crippen molar-refractivity contribution in [2.24, 2.45) is 0 Å². The van der Waals surface area contributed by atoms with E-state index in [4.69, 9.17) is 21.1 Å². The molecule has 0 radical (unpaired) electrons. The molecule has 0 aromatic heterocycles. The van der Waals surface area contributed by atoms with Gasteiger partial charge in [-0.3, -0.25) is 4.79 Å². The predicted octanol–water partition coefficient (Wildman–Crippen LogP) is 1.41. The van der Waals surface area contributed by atoms with Gasteiger partial charge in [-0.15, -0.1) is 11.6 Å². The summed E-state index contributed by atoms with van der Waals surface area (Å²) in [4.78, 5) is 14.3. The Morgan fingerprint density at radius 2 is 2.24 bits per heavy atom. The van der Waals surface area contributed by atoms with E-state index >= 15 is 0 Å². The highest BCUT2D eigenvalue weighted by atomic mass is 35.5. The first-order valence-electron chi connectivity index (χ1n) is 6.38. The van der Waals surface area contributed by atoms with Gasteiger partial charge < -0.3 is 14.4 Å². The summed E-state index contributed by atoms with van der Waals surface area (Å²) in [6, 6.07) is 0.291. The van der Waals surface area contributed by atoms with Crippen molar-refractivity contribution >= 4 is 17.5 Å². The minimum atomic E-state index is -0.403. The zero-order chi connectivity index (χ0) is 12.1. The summed E-state index contributed by atoms with van der Waals surface area (Å²) in [7, 11) is 0. The minimum absolute atomic E-state index is 0.0829. The first-order valence-corrected chi connectivity index (χ1v) is 6.92. The highest BCUT2D eigenvalue weighted by Gasteiger charge is 2.32. The molecule has 0 bridgehead atoms. The van der Waals surface area contributed by atoms with Gasteiger partial charge in [0.15, 0.2) is 6.10 Å². The summed E-state index contributed by atoms with van der Waals surface area (Å²) in [5, 5.41) is 0. The Balaban J connectivity index is 1.94. The topological polar surface area (TPSA) is 38.8 Å². The predicted molar refractivity (Wildman–Crippen MR) is 65.2 cm³/mol. The third kappa shape index (κ3) is 3.33. The third-order valence-corrected chi connectivity index (χ3v) is 3.66. The van der Waals surface area contributed by atoms with E-state index in [1.165, 1.54) is 6.42 Å². The number of carbonyl (C=O) groups excluding carboxylic acids is 1. The van der Waals surface area contributed by atoms with Crippen molar-refractivity contribution in [1.82, 2.24) is 4.90 Å². The Hall–Kier alpha value is -0.320. The summed E-state index contributed by atoms with van der Waals surface area (Å²) < 4.78 is 10.8. The molecule has 17 heavy (non-hydrogen) atoms. The van der Waals surface area contributed by atoms with E-state index in [1.807, 2.05) is 4.90 Å². The van der Waals surface area contributed by atoms with Crippen LogP contribution in [0.4, 0.5) is 0 Å². The maximum absolute atomic E-state index is 12.3. The molecule has 0 aliphatic carbocycles. The van der Waals surface area contributed by atoms with Crippen molar-refractivity contribution in [3.63, 3.8) is 0 Å². The number of piperidine rings is 1. The Morgan fingerprint density at radius 1 is 1.35 bits per heavy atom. The lowest BCUT2D eigenvalue weighted by atomic mass is 9.99. The Labute approximate surface area is 107 Å². The number of nitrogens with zero attached hydrogens (tertiary/aromatic N) is 1. The van der Waals surface area contributed by atoms with Crippen molar-refractivity contribution in [1.29, 1.82) is 0 Å². The molecule has 2 atom stereocenters. The zero-order valence-corrected chi connectivity index (χ0v) is 10.8. The normalized spacial score (nSPS) is 30.3. The van der Waals surface area contributed by atoms with E-state index in [1.54, 1.807) is 0 Å². The van der Waals surface area contributed by atoms with Crippen LogP contribution in [0.25, 0.3) is 0 Å². The fourth-order valence-electron chi connectivity index (χ4n) is 2.53. The van der Waals surface area contributed by atoms with Crippen LogP contribution in [0.2, 0.25) is 0 Å². The lowest BCUT2D eigenvalue weighted by Gasteiger charge is -2.38. The van der Waals surface area contributed by atoms with Crippen LogP contribution in [0.5, 0.6) is 0 Å². The van der Waals surface area contributed by atoms with Crippen LogP contribution in [-0.2, 0) is 14.3 Å². The number of ether oxygens (including phenoxy) is 2. The number of carbonyl (C=O) groups is 1. The number of halogens is 1. The smallest absolute Gasteiger partial charge is 0.254 e. The fraction of sp³-hybridized carbons (Fsp3) is 0.917. The number of rotatable bonds is 3. The molecule has 4 nitrogen and oxygen atoms in total. The van der Waals surface area contributed by atoms with E-state index in [0.29, 0.717) is 31.7 Å². The average Bonchev–Trinajstić information content (AvgIpc) is 2.40. The van der Waals surface area contributed by atoms with Gasteiger partial charge in [-0.05, 0) is 25.7 Å². The number of hydrogen-bond acceptors (Lipinski definition) is 3. The lowest BCUT2D eigenvalue weighted by Crippen LogP contribution is -2.51. The molecule has 2 aliphatic heterocycles. The molecular formula is C12H20ClNO3. The Kier molecular flexibility index (Phi) is 5.07. The molecule has 0 aromatic rings. The number of alkyl halides is 1. The average molecular weight is 262 g/mol. The van der Waals surface area contributed by atoms with Crippen molar-refractivity contribution in [3.8, 4) is 0 Å². The van der Waals surface area contributed by atoms with Gasteiger partial charge in [0.2, 0.25) is 0 Å². The SMILES string of the molecule is O=C(C1COCCO1)N1CCCCC1CCCl. The van der Waals surface area contributed by atoms with E-state index < -0.39 is 6.10 Å². The molecule has 2 saturated heterocycles. The molecule has 2 aliphatic rings. The molecule has 2 heterocycles. The van der Waals surface area contributed by atoms with Gasteiger partial charge in [-0.1, -0.05) is 0 Å². The maximum atomic E-state index is 12.3.